The third-order valence-corrected chi connectivity index (χ3v) is 7.70. The normalized spacial score (nSPS) is 18.2. The number of nitrogens with zero attached hydrogens (tertiary/aromatic N) is 1. The average molecular weight is 559 g/mol. The van der Waals surface area contributed by atoms with Gasteiger partial charge in [0.15, 0.2) is 0 Å². The Balaban J connectivity index is 1.46. The zero-order valence-electron chi connectivity index (χ0n) is 23.5. The lowest BCUT2D eigenvalue weighted by molar-refractivity contribution is -0.146. The van der Waals surface area contributed by atoms with E-state index in [9.17, 15) is 19.2 Å². The monoisotopic (exact) mass is 558 g/mol. The number of carbonyl (C=O) groups is 4. The van der Waals surface area contributed by atoms with Crippen molar-refractivity contribution in [1.82, 2.24) is 10.8 Å². The molecule has 0 radical (unpaired) electrons. The topological polar surface area (TPSA) is 131 Å². The summed E-state index contributed by atoms with van der Waals surface area (Å²) in [5, 5.41) is 4.72. The molecule has 0 saturated heterocycles. The van der Waals surface area contributed by atoms with Crippen molar-refractivity contribution in [3.63, 3.8) is 0 Å². The molecule has 0 spiro atoms. The molecule has 1 saturated carbocycles. The number of anilines is 1. The van der Waals surface area contributed by atoms with Gasteiger partial charge in [0.2, 0.25) is 23.6 Å². The van der Waals surface area contributed by atoms with Crippen LogP contribution in [0.15, 0.2) is 72.8 Å². The molecule has 41 heavy (non-hydrogen) atoms. The lowest BCUT2D eigenvalue weighted by Gasteiger charge is -2.33. The molecule has 4 N–H and O–H groups in total. The van der Waals surface area contributed by atoms with Crippen LogP contribution >= 0.6 is 0 Å². The van der Waals surface area contributed by atoms with E-state index in [2.05, 4.69) is 10.8 Å². The lowest BCUT2D eigenvalue weighted by Crippen LogP contribution is -2.56. The summed E-state index contributed by atoms with van der Waals surface area (Å²) in [4.78, 5) is 59.4. The van der Waals surface area contributed by atoms with Crippen LogP contribution in [0.4, 0.5) is 5.69 Å². The number of hydrogen-bond donors (Lipinski definition) is 3. The zero-order valence-corrected chi connectivity index (χ0v) is 23.5. The van der Waals surface area contributed by atoms with Crippen molar-refractivity contribution in [2.75, 3.05) is 4.90 Å². The third-order valence-electron chi connectivity index (χ3n) is 7.70. The van der Waals surface area contributed by atoms with Crippen LogP contribution in [-0.4, -0.2) is 35.7 Å². The maximum atomic E-state index is 13.8. The van der Waals surface area contributed by atoms with Crippen LogP contribution < -0.4 is 21.4 Å². The zero-order chi connectivity index (χ0) is 29.4. The highest BCUT2D eigenvalue weighted by Crippen LogP contribution is 2.31. The first-order valence-corrected chi connectivity index (χ1v) is 14.2. The Morgan fingerprint density at radius 1 is 0.902 bits per heavy atom. The molecule has 4 rings (SSSR count). The quantitative estimate of drug-likeness (QED) is 0.306. The fourth-order valence-electron chi connectivity index (χ4n) is 5.49. The van der Waals surface area contributed by atoms with Crippen LogP contribution in [0.1, 0.15) is 51.5 Å². The molecule has 0 unspecified atom stereocenters. The number of hydroxylamine groups is 1. The molecule has 4 atom stereocenters. The van der Waals surface area contributed by atoms with Gasteiger partial charge >= 0.3 is 0 Å². The number of nitrogens with one attached hydrogen (secondary N) is 2. The highest BCUT2D eigenvalue weighted by molar-refractivity contribution is 6.05. The molecule has 9 heteroatoms. The van der Waals surface area contributed by atoms with Crippen molar-refractivity contribution in [2.45, 2.75) is 64.6 Å². The Morgan fingerprint density at radius 3 is 2.20 bits per heavy atom. The molecule has 0 aliphatic heterocycles. The van der Waals surface area contributed by atoms with Crippen molar-refractivity contribution < 1.29 is 24.0 Å². The molecule has 216 valence electrons. The summed E-state index contributed by atoms with van der Waals surface area (Å²) >= 11 is 0. The number of carbonyl (C=O) groups excluding carboxylic acids is 4. The molecule has 1 fully saturated rings. The standard InChI is InChI=1S/C32H38N4O5/c1-3-28(29(33)37)36(25-18-17-23-13-7-8-14-24(23)19-25)32(40)21(2)34-30(38)26-15-9-10-16-27(26)31(39)35-41-20-22-11-5-4-6-12-22/h4-8,11-14,17-19,21,26-28H,3,9-10,15-16,20H2,1-2H3,(H2,33,37)(H,34,38)(H,35,39)/t21-,26-,27-,28-/m0/s1. The van der Waals surface area contributed by atoms with E-state index < -0.39 is 35.7 Å². The molecule has 0 aromatic heterocycles. The van der Waals surface area contributed by atoms with E-state index in [4.69, 9.17) is 10.6 Å². The van der Waals surface area contributed by atoms with Crippen LogP contribution in [0.25, 0.3) is 10.8 Å². The number of fused-ring (bicyclic) bond motifs is 1. The van der Waals surface area contributed by atoms with Gasteiger partial charge in [-0.25, -0.2) is 5.48 Å². The van der Waals surface area contributed by atoms with Crippen molar-refractivity contribution in [3.8, 4) is 0 Å². The van der Waals surface area contributed by atoms with Crippen LogP contribution in [-0.2, 0) is 30.6 Å². The van der Waals surface area contributed by atoms with Gasteiger partial charge in [0, 0.05) is 11.6 Å². The third kappa shape index (κ3) is 7.29. The molecule has 3 aromatic carbocycles. The Labute approximate surface area is 240 Å². The summed E-state index contributed by atoms with van der Waals surface area (Å²) in [6.45, 7) is 3.58. The predicted octanol–water partition coefficient (Wildman–Crippen LogP) is 4.00. The molecule has 3 aromatic rings. The minimum Gasteiger partial charge on any atom is -0.368 e. The molecular weight excluding hydrogens is 520 g/mol. The Kier molecular flexibility index (Phi) is 10.1. The highest BCUT2D eigenvalue weighted by Gasteiger charge is 2.38. The van der Waals surface area contributed by atoms with Crippen molar-refractivity contribution in [1.29, 1.82) is 0 Å². The van der Waals surface area contributed by atoms with Gasteiger partial charge in [-0.05, 0) is 54.7 Å². The van der Waals surface area contributed by atoms with Gasteiger partial charge in [0.05, 0.1) is 12.5 Å². The molecule has 9 nitrogen and oxygen atoms in total. The van der Waals surface area contributed by atoms with E-state index in [0.29, 0.717) is 24.9 Å². The van der Waals surface area contributed by atoms with Gasteiger partial charge in [0.1, 0.15) is 12.1 Å². The molecular formula is C32H38N4O5. The van der Waals surface area contributed by atoms with E-state index in [1.165, 1.54) is 4.90 Å². The molecule has 0 heterocycles. The lowest BCUT2D eigenvalue weighted by atomic mass is 9.78. The van der Waals surface area contributed by atoms with E-state index in [0.717, 1.165) is 29.2 Å². The average Bonchev–Trinajstić information content (AvgIpc) is 2.99. The van der Waals surface area contributed by atoms with Gasteiger partial charge in [0.25, 0.3) is 0 Å². The second-order valence-electron chi connectivity index (χ2n) is 10.5. The van der Waals surface area contributed by atoms with Crippen molar-refractivity contribution in [2.24, 2.45) is 17.6 Å². The fourth-order valence-corrected chi connectivity index (χ4v) is 5.49. The van der Waals surface area contributed by atoms with Gasteiger partial charge in [-0.3, -0.25) is 28.9 Å². The fraction of sp³-hybridized carbons (Fsp3) is 0.375. The maximum absolute atomic E-state index is 13.8. The van der Waals surface area contributed by atoms with Crippen molar-refractivity contribution >= 4 is 40.1 Å². The SMILES string of the molecule is CC[C@@H](C(N)=O)N(C(=O)[C@H](C)NC(=O)[C@H]1CCCC[C@@H]1C(=O)NOCc1ccccc1)c1ccc2ccccc2c1. The van der Waals surface area contributed by atoms with Crippen LogP contribution in [0, 0.1) is 11.8 Å². The minimum absolute atomic E-state index is 0.213. The first kappa shape index (κ1) is 29.7. The van der Waals surface area contributed by atoms with Gasteiger partial charge in [-0.15, -0.1) is 0 Å². The second kappa shape index (κ2) is 13.9. The second-order valence-corrected chi connectivity index (χ2v) is 10.5. The molecule has 1 aliphatic carbocycles. The summed E-state index contributed by atoms with van der Waals surface area (Å²) in [6.07, 6.45) is 3.00. The van der Waals surface area contributed by atoms with E-state index in [-0.39, 0.29) is 18.4 Å². The number of amides is 4. The smallest absolute Gasteiger partial charge is 0.250 e. The largest absolute Gasteiger partial charge is 0.368 e. The van der Waals surface area contributed by atoms with Gasteiger partial charge in [-0.2, -0.15) is 0 Å². The van der Waals surface area contributed by atoms with Crippen LogP contribution in [0.2, 0.25) is 0 Å². The van der Waals surface area contributed by atoms with Crippen molar-refractivity contribution in [3.05, 3.63) is 78.4 Å². The molecule has 1 aliphatic rings. The number of hydrogen-bond acceptors (Lipinski definition) is 5. The molecule has 0 bridgehead atoms. The summed E-state index contributed by atoms with van der Waals surface area (Å²) < 4.78 is 0. The van der Waals surface area contributed by atoms with E-state index >= 15 is 0 Å². The Bertz CT molecular complexity index is 1380. The van der Waals surface area contributed by atoms with Crippen LogP contribution in [0.5, 0.6) is 0 Å². The number of nitrogens with two attached hydrogens (primary N) is 1. The van der Waals surface area contributed by atoms with E-state index in [1.54, 1.807) is 19.9 Å². The van der Waals surface area contributed by atoms with Crippen LogP contribution in [0.3, 0.4) is 0 Å². The first-order valence-electron chi connectivity index (χ1n) is 14.2. The van der Waals surface area contributed by atoms with E-state index in [1.807, 2.05) is 66.7 Å². The predicted molar refractivity (Wildman–Crippen MR) is 157 cm³/mol. The number of rotatable bonds is 11. The summed E-state index contributed by atoms with van der Waals surface area (Å²) in [5.41, 5.74) is 9.64. The number of primary amides is 1. The Morgan fingerprint density at radius 2 is 1.54 bits per heavy atom. The highest BCUT2D eigenvalue weighted by atomic mass is 16.6. The van der Waals surface area contributed by atoms with Gasteiger partial charge in [-0.1, -0.05) is 80.4 Å². The summed E-state index contributed by atoms with van der Waals surface area (Å²) in [7, 11) is 0. The minimum atomic E-state index is -0.956. The Hall–Kier alpha value is -4.24. The maximum Gasteiger partial charge on any atom is 0.250 e. The molecule has 4 amide bonds. The number of benzene rings is 3. The summed E-state index contributed by atoms with van der Waals surface area (Å²) in [5.74, 6) is -3.00. The van der Waals surface area contributed by atoms with Gasteiger partial charge < -0.3 is 11.1 Å². The summed E-state index contributed by atoms with van der Waals surface area (Å²) in [6, 6.07) is 20.8. The first-order chi connectivity index (χ1) is 19.8.